The average molecular weight is 290 g/mol. The van der Waals surface area contributed by atoms with Crippen LogP contribution in [0.3, 0.4) is 0 Å². The van der Waals surface area contributed by atoms with Crippen LogP contribution in [0.4, 0.5) is 5.82 Å². The normalized spacial score (nSPS) is 16.4. The Morgan fingerprint density at radius 2 is 2.10 bits per heavy atom. The summed E-state index contributed by atoms with van der Waals surface area (Å²) in [6.07, 6.45) is 1.56. The van der Waals surface area contributed by atoms with E-state index in [1.807, 2.05) is 17.4 Å². The molecule has 1 aliphatic rings. The number of aromatic nitrogens is 2. The monoisotopic (exact) mass is 290 g/mol. The molecule has 0 aromatic carbocycles. The van der Waals surface area contributed by atoms with E-state index in [0.717, 1.165) is 38.5 Å². The maximum Gasteiger partial charge on any atom is 0.218 e. The largest absolute Gasteiger partial charge is 0.481 e. The molecule has 0 bridgehead atoms. The lowest BCUT2D eigenvalue weighted by molar-refractivity contribution is 0.251. The molecule has 1 saturated heterocycles. The van der Waals surface area contributed by atoms with Crippen molar-refractivity contribution < 1.29 is 4.74 Å². The van der Waals surface area contributed by atoms with Crippen molar-refractivity contribution in [2.45, 2.75) is 6.54 Å². The molecule has 0 atom stereocenters. The highest BCUT2D eigenvalue weighted by Gasteiger charge is 2.18. The van der Waals surface area contributed by atoms with Crippen LogP contribution in [0.5, 0.6) is 5.88 Å². The second-order valence-corrected chi connectivity index (χ2v) is 5.79. The average Bonchev–Trinajstić information content (AvgIpc) is 3.01. The molecule has 0 unspecified atom stereocenters. The molecular weight excluding hydrogens is 272 g/mol. The highest BCUT2D eigenvalue weighted by molar-refractivity contribution is 7.09. The third kappa shape index (κ3) is 3.08. The first kappa shape index (κ1) is 13.3. The fourth-order valence-electron chi connectivity index (χ4n) is 2.37. The van der Waals surface area contributed by atoms with Crippen LogP contribution in [0.25, 0.3) is 0 Å². The third-order valence-electron chi connectivity index (χ3n) is 3.49. The van der Waals surface area contributed by atoms with Crippen LogP contribution in [-0.2, 0) is 6.54 Å². The molecule has 3 rings (SSSR count). The Morgan fingerprint density at radius 1 is 1.25 bits per heavy atom. The van der Waals surface area contributed by atoms with Gasteiger partial charge in [-0.15, -0.1) is 11.3 Å². The first-order valence-corrected chi connectivity index (χ1v) is 7.59. The number of rotatable bonds is 4. The van der Waals surface area contributed by atoms with E-state index in [9.17, 15) is 0 Å². The second-order valence-electron chi connectivity index (χ2n) is 4.76. The number of piperazine rings is 1. The molecule has 5 nitrogen and oxygen atoms in total. The topological polar surface area (TPSA) is 41.5 Å². The standard InChI is InChI=1S/C14H18N4OS/c1-19-14-9-13(15-11-16-14)18-6-4-17(5-7-18)10-12-3-2-8-20-12/h2-3,8-9,11H,4-7,10H2,1H3. The van der Waals surface area contributed by atoms with Crippen molar-refractivity contribution in [2.24, 2.45) is 0 Å². The zero-order valence-electron chi connectivity index (χ0n) is 11.5. The van der Waals surface area contributed by atoms with Gasteiger partial charge in [0.15, 0.2) is 0 Å². The fraction of sp³-hybridized carbons (Fsp3) is 0.429. The zero-order valence-corrected chi connectivity index (χ0v) is 12.3. The van der Waals surface area contributed by atoms with Crippen molar-refractivity contribution in [1.82, 2.24) is 14.9 Å². The van der Waals surface area contributed by atoms with Gasteiger partial charge in [0.25, 0.3) is 0 Å². The van der Waals surface area contributed by atoms with Crippen LogP contribution in [0.1, 0.15) is 4.88 Å². The lowest BCUT2D eigenvalue weighted by Gasteiger charge is -2.35. The van der Waals surface area contributed by atoms with E-state index in [1.54, 1.807) is 13.4 Å². The summed E-state index contributed by atoms with van der Waals surface area (Å²) in [5.74, 6) is 1.57. The quantitative estimate of drug-likeness (QED) is 0.860. The van der Waals surface area contributed by atoms with E-state index in [4.69, 9.17) is 4.74 Å². The summed E-state index contributed by atoms with van der Waals surface area (Å²) >= 11 is 1.83. The van der Waals surface area contributed by atoms with Crippen LogP contribution in [0.2, 0.25) is 0 Å². The van der Waals surface area contributed by atoms with Gasteiger partial charge in [-0.25, -0.2) is 9.97 Å². The molecule has 2 aromatic heterocycles. The highest BCUT2D eigenvalue weighted by Crippen LogP contribution is 2.19. The van der Waals surface area contributed by atoms with Crippen molar-refractivity contribution in [2.75, 3.05) is 38.2 Å². The summed E-state index contributed by atoms with van der Waals surface area (Å²) in [5.41, 5.74) is 0. The van der Waals surface area contributed by atoms with Gasteiger partial charge in [-0.2, -0.15) is 0 Å². The van der Waals surface area contributed by atoms with E-state index in [0.29, 0.717) is 5.88 Å². The number of hydrogen-bond donors (Lipinski definition) is 0. The van der Waals surface area contributed by atoms with E-state index in [-0.39, 0.29) is 0 Å². The molecule has 0 spiro atoms. The predicted molar refractivity (Wildman–Crippen MR) is 80.4 cm³/mol. The molecule has 1 fully saturated rings. The molecule has 0 saturated carbocycles. The fourth-order valence-corrected chi connectivity index (χ4v) is 3.12. The summed E-state index contributed by atoms with van der Waals surface area (Å²) < 4.78 is 5.15. The van der Waals surface area contributed by atoms with E-state index in [1.165, 1.54) is 4.88 Å². The van der Waals surface area contributed by atoms with E-state index in [2.05, 4.69) is 37.3 Å². The van der Waals surface area contributed by atoms with Crippen molar-refractivity contribution in [3.05, 3.63) is 34.8 Å². The van der Waals surface area contributed by atoms with Gasteiger partial charge in [0.2, 0.25) is 5.88 Å². The van der Waals surface area contributed by atoms with Gasteiger partial charge in [-0.1, -0.05) is 6.07 Å². The predicted octanol–water partition coefficient (Wildman–Crippen LogP) is 1.87. The lowest BCUT2D eigenvalue weighted by atomic mass is 10.3. The zero-order chi connectivity index (χ0) is 13.8. The lowest BCUT2D eigenvalue weighted by Crippen LogP contribution is -2.46. The van der Waals surface area contributed by atoms with E-state index >= 15 is 0 Å². The number of anilines is 1. The number of thiophene rings is 1. The Morgan fingerprint density at radius 3 is 2.80 bits per heavy atom. The number of hydrogen-bond acceptors (Lipinski definition) is 6. The molecule has 0 aliphatic carbocycles. The Kier molecular flexibility index (Phi) is 4.13. The van der Waals surface area contributed by atoms with Gasteiger partial charge in [-0.05, 0) is 11.4 Å². The molecule has 0 N–H and O–H groups in total. The van der Waals surface area contributed by atoms with Crippen LogP contribution in [0.15, 0.2) is 29.9 Å². The molecule has 20 heavy (non-hydrogen) atoms. The van der Waals surface area contributed by atoms with Gasteiger partial charge in [0, 0.05) is 43.7 Å². The smallest absolute Gasteiger partial charge is 0.218 e. The number of ether oxygens (including phenoxy) is 1. The minimum absolute atomic E-state index is 0.621. The Hall–Kier alpha value is -1.66. The SMILES string of the molecule is COc1cc(N2CCN(Cc3cccs3)CC2)ncn1. The summed E-state index contributed by atoms with van der Waals surface area (Å²) in [7, 11) is 1.63. The number of nitrogens with zero attached hydrogens (tertiary/aromatic N) is 4. The summed E-state index contributed by atoms with van der Waals surface area (Å²) in [5, 5.41) is 2.14. The van der Waals surface area contributed by atoms with Gasteiger partial charge < -0.3 is 9.64 Å². The van der Waals surface area contributed by atoms with Gasteiger partial charge in [0.1, 0.15) is 12.1 Å². The van der Waals surface area contributed by atoms with Crippen molar-refractivity contribution in [3.63, 3.8) is 0 Å². The van der Waals surface area contributed by atoms with Crippen molar-refractivity contribution in [3.8, 4) is 5.88 Å². The molecule has 1 aliphatic heterocycles. The van der Waals surface area contributed by atoms with Crippen molar-refractivity contribution >= 4 is 17.2 Å². The molecule has 2 aromatic rings. The second kappa shape index (κ2) is 6.19. The number of methoxy groups -OCH3 is 1. The summed E-state index contributed by atoms with van der Waals surface area (Å²) in [4.78, 5) is 14.6. The van der Waals surface area contributed by atoms with E-state index < -0.39 is 0 Å². The molecular formula is C14H18N4OS. The van der Waals surface area contributed by atoms with Crippen LogP contribution >= 0.6 is 11.3 Å². The first-order valence-electron chi connectivity index (χ1n) is 6.71. The minimum Gasteiger partial charge on any atom is -0.481 e. The van der Waals surface area contributed by atoms with Gasteiger partial charge in [0.05, 0.1) is 7.11 Å². The molecule has 3 heterocycles. The summed E-state index contributed by atoms with van der Waals surface area (Å²) in [6, 6.07) is 6.21. The Labute approximate surface area is 122 Å². The maximum absolute atomic E-state index is 5.15. The van der Waals surface area contributed by atoms with Crippen LogP contribution < -0.4 is 9.64 Å². The van der Waals surface area contributed by atoms with Gasteiger partial charge >= 0.3 is 0 Å². The molecule has 6 heteroatoms. The minimum atomic E-state index is 0.621. The molecule has 0 amide bonds. The Bertz CT molecular complexity index is 538. The molecule has 0 radical (unpaired) electrons. The van der Waals surface area contributed by atoms with Crippen LogP contribution in [-0.4, -0.2) is 48.2 Å². The van der Waals surface area contributed by atoms with Crippen LogP contribution in [0, 0.1) is 0 Å². The van der Waals surface area contributed by atoms with Crippen molar-refractivity contribution in [1.29, 1.82) is 0 Å². The first-order chi connectivity index (χ1) is 9.85. The highest BCUT2D eigenvalue weighted by atomic mass is 32.1. The summed E-state index contributed by atoms with van der Waals surface area (Å²) in [6.45, 7) is 5.16. The Balaban J connectivity index is 1.57. The molecule has 106 valence electrons. The third-order valence-corrected chi connectivity index (χ3v) is 4.35. The van der Waals surface area contributed by atoms with Gasteiger partial charge in [-0.3, -0.25) is 4.90 Å². The maximum atomic E-state index is 5.15.